The summed E-state index contributed by atoms with van der Waals surface area (Å²) in [6, 6.07) is 0. The second kappa shape index (κ2) is 5.44. The zero-order valence-electron chi connectivity index (χ0n) is 13.1. The molecule has 3 saturated carbocycles. The molecule has 1 N–H and O–H groups in total. The Bertz CT molecular complexity index is 378. The van der Waals surface area contributed by atoms with E-state index >= 15 is 0 Å². The molecule has 20 heavy (non-hydrogen) atoms. The molecule has 6 atom stereocenters. The second-order valence-corrected chi connectivity index (χ2v) is 8.01. The largest absolute Gasteiger partial charge is 0.396 e. The van der Waals surface area contributed by atoms with Crippen molar-refractivity contribution in [2.24, 2.45) is 35.0 Å². The van der Waals surface area contributed by atoms with Gasteiger partial charge in [0.2, 0.25) is 0 Å². The van der Waals surface area contributed by atoms with Crippen LogP contribution in [0.3, 0.4) is 0 Å². The van der Waals surface area contributed by atoms with Gasteiger partial charge in [-0.15, -0.1) is 0 Å². The molecule has 114 valence electrons. The number of ketones is 1. The summed E-state index contributed by atoms with van der Waals surface area (Å²) in [6.45, 7) is 4.57. The minimum Gasteiger partial charge on any atom is -0.396 e. The molecule has 3 fully saturated rings. The van der Waals surface area contributed by atoms with Gasteiger partial charge in [0.1, 0.15) is 5.78 Å². The molecule has 0 spiro atoms. The predicted octanol–water partition coefficient (Wildman–Crippen LogP) is 3.82. The molecule has 0 bridgehead atoms. The van der Waals surface area contributed by atoms with Gasteiger partial charge in [-0.25, -0.2) is 0 Å². The van der Waals surface area contributed by atoms with Crippen LogP contribution in [0.2, 0.25) is 0 Å². The summed E-state index contributed by atoms with van der Waals surface area (Å²) >= 11 is 0. The maximum atomic E-state index is 12.0. The quantitative estimate of drug-likeness (QED) is 0.852. The number of rotatable bonds is 3. The first-order valence-electron chi connectivity index (χ1n) is 8.67. The summed E-state index contributed by atoms with van der Waals surface area (Å²) in [5.41, 5.74) is 0.302. The van der Waals surface area contributed by atoms with E-state index in [1.807, 2.05) is 6.92 Å². The summed E-state index contributed by atoms with van der Waals surface area (Å²) < 4.78 is 0. The van der Waals surface area contributed by atoms with Crippen LogP contribution in [0.5, 0.6) is 0 Å². The van der Waals surface area contributed by atoms with E-state index in [0.29, 0.717) is 23.7 Å². The normalized spacial score (nSPS) is 47.6. The van der Waals surface area contributed by atoms with Crippen LogP contribution in [0, 0.1) is 35.0 Å². The van der Waals surface area contributed by atoms with Crippen molar-refractivity contribution in [1.82, 2.24) is 0 Å². The van der Waals surface area contributed by atoms with Crippen LogP contribution in [-0.2, 0) is 4.79 Å². The molecule has 3 aliphatic rings. The number of fused-ring (bicyclic) bond motifs is 3. The van der Waals surface area contributed by atoms with E-state index < -0.39 is 0 Å². The summed E-state index contributed by atoms with van der Waals surface area (Å²) in [5, 5.41) is 9.16. The van der Waals surface area contributed by atoms with Gasteiger partial charge in [0, 0.05) is 12.5 Å². The summed E-state index contributed by atoms with van der Waals surface area (Å²) in [6.07, 6.45) is 9.99. The highest BCUT2D eigenvalue weighted by molar-refractivity contribution is 5.79. The van der Waals surface area contributed by atoms with Crippen LogP contribution in [0.25, 0.3) is 0 Å². The van der Waals surface area contributed by atoms with Crippen molar-refractivity contribution in [2.45, 2.75) is 65.2 Å². The van der Waals surface area contributed by atoms with Crippen LogP contribution in [0.15, 0.2) is 0 Å². The van der Waals surface area contributed by atoms with Gasteiger partial charge in [-0.3, -0.25) is 4.79 Å². The molecular formula is C18H30O2. The standard InChI is InChI=1S/C18H30O2/c1-12(20)16-5-6-17-15-4-3-13(8-10-19)11-14(15)7-9-18(16,17)2/h13-17,19H,3-11H2,1-2H3/t13-,14?,15?,16-,17?,18-/m1/s1. The number of aliphatic hydroxyl groups excluding tert-OH is 1. The zero-order chi connectivity index (χ0) is 14.3. The van der Waals surface area contributed by atoms with Crippen LogP contribution < -0.4 is 0 Å². The monoisotopic (exact) mass is 278 g/mol. The second-order valence-electron chi connectivity index (χ2n) is 8.01. The highest BCUT2D eigenvalue weighted by Crippen LogP contribution is 2.62. The van der Waals surface area contributed by atoms with Crippen LogP contribution in [-0.4, -0.2) is 17.5 Å². The summed E-state index contributed by atoms with van der Waals surface area (Å²) in [7, 11) is 0. The first-order valence-corrected chi connectivity index (χ1v) is 8.67. The van der Waals surface area contributed by atoms with Crippen molar-refractivity contribution in [1.29, 1.82) is 0 Å². The van der Waals surface area contributed by atoms with E-state index in [4.69, 9.17) is 5.11 Å². The maximum absolute atomic E-state index is 12.0. The Balaban J connectivity index is 1.73. The number of aliphatic hydroxyl groups is 1. The highest BCUT2D eigenvalue weighted by Gasteiger charge is 2.55. The molecule has 2 heteroatoms. The maximum Gasteiger partial charge on any atom is 0.133 e. The third kappa shape index (κ3) is 2.24. The van der Waals surface area contributed by atoms with E-state index in [2.05, 4.69) is 6.92 Å². The van der Waals surface area contributed by atoms with Gasteiger partial charge < -0.3 is 5.11 Å². The fourth-order valence-electron chi connectivity index (χ4n) is 6.18. The molecule has 0 saturated heterocycles. The molecular weight excluding hydrogens is 248 g/mol. The van der Waals surface area contributed by atoms with Crippen molar-refractivity contribution in [3.8, 4) is 0 Å². The van der Waals surface area contributed by atoms with Crippen LogP contribution in [0.1, 0.15) is 65.2 Å². The van der Waals surface area contributed by atoms with Gasteiger partial charge in [0.25, 0.3) is 0 Å². The third-order valence-corrected chi connectivity index (χ3v) is 7.16. The fraction of sp³-hybridized carbons (Fsp3) is 0.944. The highest BCUT2D eigenvalue weighted by atomic mass is 16.3. The molecule has 2 nitrogen and oxygen atoms in total. The van der Waals surface area contributed by atoms with Crippen molar-refractivity contribution >= 4 is 5.78 Å². The molecule has 0 amide bonds. The lowest BCUT2D eigenvalue weighted by Crippen LogP contribution is -2.45. The van der Waals surface area contributed by atoms with Gasteiger partial charge in [-0.2, -0.15) is 0 Å². The Kier molecular flexibility index (Phi) is 3.96. The first kappa shape index (κ1) is 14.6. The Hall–Kier alpha value is -0.370. The average molecular weight is 278 g/mol. The zero-order valence-corrected chi connectivity index (χ0v) is 13.1. The molecule has 0 heterocycles. The summed E-state index contributed by atoms with van der Waals surface area (Å²) in [5.74, 6) is 4.07. The number of carbonyl (C=O) groups excluding carboxylic acids is 1. The van der Waals surface area contributed by atoms with E-state index in [9.17, 15) is 4.79 Å². The van der Waals surface area contributed by atoms with E-state index in [1.54, 1.807) is 0 Å². The van der Waals surface area contributed by atoms with E-state index in [1.165, 1.54) is 38.5 Å². The minimum absolute atomic E-state index is 0.302. The number of Topliss-reactive ketones (excluding diaryl/α,β-unsaturated/α-hetero) is 1. The Morgan fingerprint density at radius 1 is 1.20 bits per heavy atom. The van der Waals surface area contributed by atoms with Crippen molar-refractivity contribution in [3.63, 3.8) is 0 Å². The minimum atomic E-state index is 0.302. The van der Waals surface area contributed by atoms with Crippen molar-refractivity contribution < 1.29 is 9.90 Å². The topological polar surface area (TPSA) is 37.3 Å². The molecule has 0 aromatic carbocycles. The molecule has 0 aromatic rings. The van der Waals surface area contributed by atoms with Gasteiger partial charge >= 0.3 is 0 Å². The van der Waals surface area contributed by atoms with Crippen LogP contribution in [0.4, 0.5) is 0 Å². The Morgan fingerprint density at radius 2 is 2.00 bits per heavy atom. The van der Waals surface area contributed by atoms with Crippen molar-refractivity contribution in [2.75, 3.05) is 6.61 Å². The van der Waals surface area contributed by atoms with Gasteiger partial charge in [0.05, 0.1) is 0 Å². The Morgan fingerprint density at radius 3 is 2.70 bits per heavy atom. The van der Waals surface area contributed by atoms with E-state index in [0.717, 1.165) is 36.5 Å². The number of carbonyl (C=O) groups is 1. The number of hydrogen-bond acceptors (Lipinski definition) is 2. The fourth-order valence-corrected chi connectivity index (χ4v) is 6.18. The molecule has 0 aliphatic heterocycles. The van der Waals surface area contributed by atoms with E-state index in [-0.39, 0.29) is 0 Å². The van der Waals surface area contributed by atoms with Gasteiger partial charge in [-0.1, -0.05) is 13.3 Å². The smallest absolute Gasteiger partial charge is 0.133 e. The van der Waals surface area contributed by atoms with Gasteiger partial charge in [-0.05, 0) is 81.0 Å². The molecule has 3 aliphatic carbocycles. The van der Waals surface area contributed by atoms with Crippen LogP contribution >= 0.6 is 0 Å². The predicted molar refractivity (Wildman–Crippen MR) is 80.3 cm³/mol. The lowest BCUT2D eigenvalue weighted by atomic mass is 9.53. The third-order valence-electron chi connectivity index (χ3n) is 7.16. The average Bonchev–Trinajstić information content (AvgIpc) is 2.77. The first-order chi connectivity index (χ1) is 9.56. The SMILES string of the molecule is CC(=O)[C@H]1CCC2C3CC[C@H](CCO)CC3CC[C@@]21C. The van der Waals surface area contributed by atoms with Crippen molar-refractivity contribution in [3.05, 3.63) is 0 Å². The summed E-state index contributed by atoms with van der Waals surface area (Å²) in [4.78, 5) is 12.0. The molecule has 0 aromatic heterocycles. The molecule has 3 rings (SSSR count). The Labute approximate surface area is 123 Å². The lowest BCUT2D eigenvalue weighted by molar-refractivity contribution is -0.126. The lowest BCUT2D eigenvalue weighted by Gasteiger charge is -2.51. The number of hydrogen-bond donors (Lipinski definition) is 1. The van der Waals surface area contributed by atoms with Gasteiger partial charge in [0.15, 0.2) is 0 Å². The molecule has 3 unspecified atom stereocenters. The molecule has 0 radical (unpaired) electrons.